The summed E-state index contributed by atoms with van der Waals surface area (Å²) >= 11 is 5.64. The number of hydrogen-bond acceptors (Lipinski definition) is 3. The zero-order chi connectivity index (χ0) is 10.4. The van der Waals surface area contributed by atoms with Crippen molar-refractivity contribution in [3.05, 3.63) is 17.4 Å². The molecule has 0 N–H and O–H groups in total. The molecule has 0 saturated heterocycles. The highest BCUT2D eigenvalue weighted by atomic mass is 35.5. The topological polar surface area (TPSA) is 44.1 Å². The highest BCUT2D eigenvalue weighted by molar-refractivity contribution is 6.30. The van der Waals surface area contributed by atoms with Crippen molar-refractivity contribution in [2.45, 2.75) is 26.3 Å². The maximum atomic E-state index is 11.2. The number of carbonyl (C=O) groups excluding carboxylic acids is 1. The molecule has 4 nitrogen and oxygen atoms in total. The Bertz CT molecular complexity index is 299. The molecule has 0 aliphatic carbocycles. The molecule has 1 aromatic rings. The third kappa shape index (κ3) is 3.79. The van der Waals surface area contributed by atoms with Crippen LogP contribution in [0.2, 0.25) is 5.02 Å². The summed E-state index contributed by atoms with van der Waals surface area (Å²) in [5.41, 5.74) is 0. The van der Waals surface area contributed by atoms with E-state index in [9.17, 15) is 4.79 Å². The molecule has 0 radical (unpaired) electrons. The van der Waals surface area contributed by atoms with Crippen LogP contribution in [0, 0.1) is 0 Å². The Morgan fingerprint density at radius 1 is 1.71 bits per heavy atom. The molecule has 0 spiro atoms. The lowest BCUT2D eigenvalue weighted by molar-refractivity contribution is -0.144. The number of rotatable bonds is 5. The first-order valence-electron chi connectivity index (χ1n) is 4.56. The summed E-state index contributed by atoms with van der Waals surface area (Å²) in [5.74, 6) is -0.279. The lowest BCUT2D eigenvalue weighted by Gasteiger charge is -2.03. The number of hydrogen-bond donors (Lipinski definition) is 0. The Kier molecular flexibility index (Phi) is 4.46. The number of halogens is 1. The summed E-state index contributed by atoms with van der Waals surface area (Å²) < 4.78 is 6.41. The van der Waals surface area contributed by atoms with E-state index in [0.717, 1.165) is 12.8 Å². The van der Waals surface area contributed by atoms with Crippen molar-refractivity contribution in [1.82, 2.24) is 9.78 Å². The Labute approximate surface area is 87.8 Å². The van der Waals surface area contributed by atoms with Gasteiger partial charge in [0.25, 0.3) is 0 Å². The van der Waals surface area contributed by atoms with E-state index in [-0.39, 0.29) is 12.5 Å². The molecule has 0 aromatic carbocycles. The molecule has 1 rings (SSSR count). The molecule has 1 heterocycles. The zero-order valence-corrected chi connectivity index (χ0v) is 8.83. The first-order chi connectivity index (χ1) is 6.72. The van der Waals surface area contributed by atoms with Crippen LogP contribution in [0.5, 0.6) is 0 Å². The van der Waals surface area contributed by atoms with Crippen LogP contribution < -0.4 is 0 Å². The molecule has 1 aromatic heterocycles. The molecular weight excluding hydrogens is 204 g/mol. The summed E-state index contributed by atoms with van der Waals surface area (Å²) in [6.45, 7) is 2.64. The Balaban J connectivity index is 2.27. The minimum atomic E-state index is -0.279. The van der Waals surface area contributed by atoms with Gasteiger partial charge in [-0.2, -0.15) is 5.10 Å². The number of carbonyl (C=O) groups is 1. The van der Waals surface area contributed by atoms with Crippen molar-refractivity contribution in [1.29, 1.82) is 0 Å². The third-order valence-electron chi connectivity index (χ3n) is 1.65. The van der Waals surface area contributed by atoms with Gasteiger partial charge < -0.3 is 4.74 Å². The summed E-state index contributed by atoms with van der Waals surface area (Å²) in [6, 6.07) is 0. The quantitative estimate of drug-likeness (QED) is 0.558. The fourth-order valence-corrected chi connectivity index (χ4v) is 1.09. The average Bonchev–Trinajstić information content (AvgIpc) is 2.52. The second-order valence-electron chi connectivity index (χ2n) is 2.93. The molecule has 0 fully saturated rings. The summed E-state index contributed by atoms with van der Waals surface area (Å²) in [4.78, 5) is 11.2. The highest BCUT2D eigenvalue weighted by Gasteiger charge is 2.04. The van der Waals surface area contributed by atoms with Crippen molar-refractivity contribution < 1.29 is 9.53 Å². The van der Waals surface area contributed by atoms with Crippen molar-refractivity contribution in [3.8, 4) is 0 Å². The first-order valence-corrected chi connectivity index (χ1v) is 4.93. The number of ether oxygens (including phenoxy) is 1. The van der Waals surface area contributed by atoms with E-state index in [0.29, 0.717) is 11.6 Å². The average molecular weight is 217 g/mol. The van der Waals surface area contributed by atoms with Gasteiger partial charge in [0.2, 0.25) is 0 Å². The summed E-state index contributed by atoms with van der Waals surface area (Å²) in [7, 11) is 0. The molecular formula is C9H13ClN2O2. The normalized spacial score (nSPS) is 10.1. The van der Waals surface area contributed by atoms with Gasteiger partial charge in [-0.3, -0.25) is 9.48 Å². The van der Waals surface area contributed by atoms with Crippen molar-refractivity contribution in [2.24, 2.45) is 0 Å². The predicted molar refractivity (Wildman–Crippen MR) is 53.1 cm³/mol. The molecule has 0 aliphatic rings. The van der Waals surface area contributed by atoms with Gasteiger partial charge in [0.1, 0.15) is 6.54 Å². The van der Waals surface area contributed by atoms with E-state index >= 15 is 0 Å². The molecule has 0 unspecified atom stereocenters. The maximum absolute atomic E-state index is 11.2. The largest absolute Gasteiger partial charge is 0.464 e. The number of unbranched alkanes of at least 4 members (excludes halogenated alkanes) is 1. The summed E-state index contributed by atoms with van der Waals surface area (Å²) in [5, 5.41) is 4.39. The maximum Gasteiger partial charge on any atom is 0.327 e. The number of aromatic nitrogens is 2. The Morgan fingerprint density at radius 3 is 3.07 bits per heavy atom. The van der Waals surface area contributed by atoms with Crippen LogP contribution >= 0.6 is 11.6 Å². The van der Waals surface area contributed by atoms with Crippen LogP contribution in [-0.2, 0) is 16.1 Å². The molecule has 5 heteroatoms. The molecule has 0 bridgehead atoms. The van der Waals surface area contributed by atoms with Crippen molar-refractivity contribution in [2.75, 3.05) is 6.61 Å². The van der Waals surface area contributed by atoms with Gasteiger partial charge in [0.15, 0.2) is 0 Å². The smallest absolute Gasteiger partial charge is 0.327 e. The van der Waals surface area contributed by atoms with E-state index in [1.165, 1.54) is 10.9 Å². The predicted octanol–water partition coefficient (Wildman–Crippen LogP) is 1.88. The first kappa shape index (κ1) is 11.0. The molecule has 0 aliphatic heterocycles. The monoisotopic (exact) mass is 216 g/mol. The summed E-state index contributed by atoms with van der Waals surface area (Å²) in [6.07, 6.45) is 4.98. The standard InChI is InChI=1S/C9H13ClN2O2/c1-2-3-4-14-9(13)7-12-6-8(10)5-11-12/h5-6H,2-4,7H2,1H3. The molecule has 0 atom stereocenters. The van der Waals surface area contributed by atoms with E-state index < -0.39 is 0 Å². The van der Waals surface area contributed by atoms with Gasteiger partial charge in [-0.15, -0.1) is 0 Å². The van der Waals surface area contributed by atoms with Crippen LogP contribution in [0.1, 0.15) is 19.8 Å². The van der Waals surface area contributed by atoms with Crippen LogP contribution in [0.25, 0.3) is 0 Å². The minimum absolute atomic E-state index is 0.121. The van der Waals surface area contributed by atoms with E-state index in [4.69, 9.17) is 16.3 Å². The fourth-order valence-electron chi connectivity index (χ4n) is 0.933. The molecule has 78 valence electrons. The highest BCUT2D eigenvalue weighted by Crippen LogP contribution is 2.04. The van der Waals surface area contributed by atoms with Gasteiger partial charge >= 0.3 is 5.97 Å². The SMILES string of the molecule is CCCCOC(=O)Cn1cc(Cl)cn1. The molecule has 14 heavy (non-hydrogen) atoms. The lowest BCUT2D eigenvalue weighted by Crippen LogP contribution is -2.14. The lowest BCUT2D eigenvalue weighted by atomic mass is 10.4. The minimum Gasteiger partial charge on any atom is -0.464 e. The van der Waals surface area contributed by atoms with E-state index in [1.807, 2.05) is 6.92 Å². The fraction of sp³-hybridized carbons (Fsp3) is 0.556. The Morgan fingerprint density at radius 2 is 2.50 bits per heavy atom. The van der Waals surface area contributed by atoms with Crippen molar-refractivity contribution >= 4 is 17.6 Å². The van der Waals surface area contributed by atoms with Gasteiger partial charge in [0, 0.05) is 6.20 Å². The van der Waals surface area contributed by atoms with E-state index in [1.54, 1.807) is 6.20 Å². The number of nitrogens with zero attached hydrogens (tertiary/aromatic N) is 2. The van der Waals surface area contributed by atoms with Crippen LogP contribution in [0.3, 0.4) is 0 Å². The van der Waals surface area contributed by atoms with Crippen molar-refractivity contribution in [3.63, 3.8) is 0 Å². The zero-order valence-electron chi connectivity index (χ0n) is 8.07. The van der Waals surface area contributed by atoms with Gasteiger partial charge in [-0.25, -0.2) is 0 Å². The Hall–Kier alpha value is -1.03. The second-order valence-corrected chi connectivity index (χ2v) is 3.37. The van der Waals surface area contributed by atoms with Crippen LogP contribution in [0.4, 0.5) is 0 Å². The van der Waals surface area contributed by atoms with Gasteiger partial charge in [-0.1, -0.05) is 24.9 Å². The van der Waals surface area contributed by atoms with Gasteiger partial charge in [-0.05, 0) is 6.42 Å². The molecule has 0 amide bonds. The van der Waals surface area contributed by atoms with Crippen LogP contribution in [0.15, 0.2) is 12.4 Å². The van der Waals surface area contributed by atoms with Crippen LogP contribution in [-0.4, -0.2) is 22.4 Å². The third-order valence-corrected chi connectivity index (χ3v) is 1.85. The van der Waals surface area contributed by atoms with E-state index in [2.05, 4.69) is 5.10 Å². The number of esters is 1. The van der Waals surface area contributed by atoms with Gasteiger partial charge in [0.05, 0.1) is 17.8 Å². The second kappa shape index (κ2) is 5.65. The molecule has 0 saturated carbocycles.